The van der Waals surface area contributed by atoms with E-state index in [1.807, 2.05) is 30.3 Å². The number of hydrogen-bond donors (Lipinski definition) is 2. The minimum Gasteiger partial charge on any atom is -0.493 e. The molecule has 2 N–H and O–H groups in total. The molecule has 1 heterocycles. The zero-order chi connectivity index (χ0) is 22.6. The van der Waals surface area contributed by atoms with Crippen LogP contribution in [0, 0.1) is 0 Å². The molecule has 0 bridgehead atoms. The van der Waals surface area contributed by atoms with E-state index in [1.54, 1.807) is 36.4 Å². The number of furan rings is 1. The van der Waals surface area contributed by atoms with Crippen molar-refractivity contribution in [3.8, 4) is 5.75 Å². The zero-order valence-electron chi connectivity index (χ0n) is 18.2. The van der Waals surface area contributed by atoms with Crippen LogP contribution in [0.25, 0.3) is 6.08 Å². The Morgan fingerprint density at radius 1 is 1.00 bits per heavy atom. The molecular formula is C26H28N2O4. The standard InChI is InChI=1S/C26H28N2O4/c1-2-17-32-24-15-7-6-10-20(24)13-8-16-27-26(30)23(19-22-14-9-18-31-22)28-25(29)21-11-4-3-5-12-21/h3-7,9-12,14-15,18-19H,2,8,13,16-17H2,1H3,(H,27,30)(H,28,29)/b23-19-. The second-order valence-electron chi connectivity index (χ2n) is 7.21. The van der Waals surface area contributed by atoms with Crippen molar-refractivity contribution in [1.82, 2.24) is 10.6 Å². The van der Waals surface area contributed by atoms with E-state index in [1.165, 1.54) is 12.3 Å². The van der Waals surface area contributed by atoms with Gasteiger partial charge in [0.25, 0.3) is 11.8 Å². The number of nitrogens with one attached hydrogen (secondary N) is 2. The van der Waals surface area contributed by atoms with Gasteiger partial charge in [0.05, 0.1) is 12.9 Å². The van der Waals surface area contributed by atoms with Crippen LogP contribution in [-0.4, -0.2) is 25.0 Å². The van der Waals surface area contributed by atoms with Gasteiger partial charge < -0.3 is 19.8 Å². The average molecular weight is 433 g/mol. The van der Waals surface area contributed by atoms with Crippen molar-refractivity contribution >= 4 is 17.9 Å². The molecule has 3 aromatic rings. The van der Waals surface area contributed by atoms with E-state index in [-0.39, 0.29) is 17.5 Å². The molecule has 166 valence electrons. The lowest BCUT2D eigenvalue weighted by atomic mass is 10.1. The Morgan fingerprint density at radius 3 is 2.53 bits per heavy atom. The van der Waals surface area contributed by atoms with E-state index < -0.39 is 0 Å². The first-order chi connectivity index (χ1) is 15.7. The first-order valence-corrected chi connectivity index (χ1v) is 10.8. The van der Waals surface area contributed by atoms with Crippen molar-refractivity contribution in [2.45, 2.75) is 26.2 Å². The summed E-state index contributed by atoms with van der Waals surface area (Å²) in [6.45, 7) is 3.20. The number of carbonyl (C=O) groups excluding carboxylic acids is 2. The van der Waals surface area contributed by atoms with Crippen LogP contribution in [0.1, 0.15) is 41.4 Å². The van der Waals surface area contributed by atoms with E-state index in [0.717, 1.165) is 30.6 Å². The molecule has 6 heteroatoms. The Morgan fingerprint density at radius 2 is 1.78 bits per heavy atom. The van der Waals surface area contributed by atoms with Crippen molar-refractivity contribution < 1.29 is 18.7 Å². The van der Waals surface area contributed by atoms with Gasteiger partial charge in [0.1, 0.15) is 17.2 Å². The fourth-order valence-electron chi connectivity index (χ4n) is 3.10. The summed E-state index contributed by atoms with van der Waals surface area (Å²) in [6.07, 6.45) is 5.49. The maximum Gasteiger partial charge on any atom is 0.267 e. The number of benzene rings is 2. The van der Waals surface area contributed by atoms with Crippen LogP contribution >= 0.6 is 0 Å². The highest BCUT2D eigenvalue weighted by atomic mass is 16.5. The van der Waals surface area contributed by atoms with Crippen LogP contribution in [0.2, 0.25) is 0 Å². The van der Waals surface area contributed by atoms with Crippen molar-refractivity contribution in [3.05, 3.63) is 95.6 Å². The van der Waals surface area contributed by atoms with Gasteiger partial charge in [-0.3, -0.25) is 9.59 Å². The number of amides is 2. The summed E-state index contributed by atoms with van der Waals surface area (Å²) in [5.41, 5.74) is 1.70. The molecule has 0 saturated heterocycles. The molecule has 0 atom stereocenters. The smallest absolute Gasteiger partial charge is 0.267 e. The second-order valence-corrected chi connectivity index (χ2v) is 7.21. The third-order valence-electron chi connectivity index (χ3n) is 4.70. The number of para-hydroxylation sites is 1. The molecule has 1 aromatic heterocycles. The molecule has 2 amide bonds. The fraction of sp³-hybridized carbons (Fsp3) is 0.231. The Kier molecular flexibility index (Phi) is 8.69. The molecule has 0 aliphatic heterocycles. The summed E-state index contributed by atoms with van der Waals surface area (Å²) in [4.78, 5) is 25.3. The van der Waals surface area contributed by atoms with Crippen LogP contribution in [0.3, 0.4) is 0 Å². The summed E-state index contributed by atoms with van der Waals surface area (Å²) in [5, 5.41) is 5.57. The maximum absolute atomic E-state index is 12.8. The van der Waals surface area contributed by atoms with Crippen LogP contribution in [0.5, 0.6) is 5.75 Å². The zero-order valence-corrected chi connectivity index (χ0v) is 18.2. The van der Waals surface area contributed by atoms with Crippen molar-refractivity contribution in [3.63, 3.8) is 0 Å². The monoisotopic (exact) mass is 432 g/mol. The van der Waals surface area contributed by atoms with E-state index in [2.05, 4.69) is 17.6 Å². The minimum absolute atomic E-state index is 0.125. The first kappa shape index (κ1) is 22.9. The molecular weight excluding hydrogens is 404 g/mol. The Hall–Kier alpha value is -3.80. The van der Waals surface area contributed by atoms with Crippen LogP contribution < -0.4 is 15.4 Å². The highest BCUT2D eigenvalue weighted by Gasteiger charge is 2.15. The average Bonchev–Trinajstić information content (AvgIpc) is 3.34. The molecule has 32 heavy (non-hydrogen) atoms. The third kappa shape index (κ3) is 6.87. The van der Waals surface area contributed by atoms with Crippen LogP contribution in [0.4, 0.5) is 0 Å². The lowest BCUT2D eigenvalue weighted by molar-refractivity contribution is -0.117. The highest BCUT2D eigenvalue weighted by molar-refractivity contribution is 6.05. The van der Waals surface area contributed by atoms with E-state index in [9.17, 15) is 9.59 Å². The SMILES string of the molecule is CCCOc1ccccc1CCCNC(=O)/C(=C/c1ccco1)NC(=O)c1ccccc1. The Balaban J connectivity index is 1.59. The van der Waals surface area contributed by atoms with Crippen molar-refractivity contribution in [1.29, 1.82) is 0 Å². The van der Waals surface area contributed by atoms with Gasteiger partial charge in [-0.15, -0.1) is 0 Å². The molecule has 0 aliphatic carbocycles. The molecule has 0 saturated carbocycles. The summed E-state index contributed by atoms with van der Waals surface area (Å²) >= 11 is 0. The quantitative estimate of drug-likeness (QED) is 0.343. The molecule has 6 nitrogen and oxygen atoms in total. The molecule has 0 radical (unpaired) electrons. The molecule has 0 unspecified atom stereocenters. The summed E-state index contributed by atoms with van der Waals surface area (Å²) < 4.78 is 11.1. The third-order valence-corrected chi connectivity index (χ3v) is 4.70. The first-order valence-electron chi connectivity index (χ1n) is 10.8. The number of aryl methyl sites for hydroxylation is 1. The van der Waals surface area contributed by atoms with Gasteiger partial charge >= 0.3 is 0 Å². The van der Waals surface area contributed by atoms with Gasteiger partial charge in [-0.2, -0.15) is 0 Å². The van der Waals surface area contributed by atoms with E-state index in [0.29, 0.717) is 24.5 Å². The van der Waals surface area contributed by atoms with Crippen molar-refractivity contribution in [2.75, 3.05) is 13.2 Å². The lowest BCUT2D eigenvalue weighted by Crippen LogP contribution is -2.35. The predicted molar refractivity (Wildman–Crippen MR) is 124 cm³/mol. The van der Waals surface area contributed by atoms with Gasteiger partial charge in [-0.25, -0.2) is 0 Å². The van der Waals surface area contributed by atoms with E-state index in [4.69, 9.17) is 9.15 Å². The fourth-order valence-corrected chi connectivity index (χ4v) is 3.10. The Bertz CT molecular complexity index is 1030. The number of rotatable bonds is 11. The van der Waals surface area contributed by atoms with Crippen molar-refractivity contribution in [2.24, 2.45) is 0 Å². The number of hydrogen-bond acceptors (Lipinski definition) is 4. The van der Waals surface area contributed by atoms with Gasteiger partial charge in [0.2, 0.25) is 0 Å². The topological polar surface area (TPSA) is 80.6 Å². The summed E-state index contributed by atoms with van der Waals surface area (Å²) in [5.74, 6) is 0.626. The van der Waals surface area contributed by atoms with E-state index >= 15 is 0 Å². The molecule has 2 aromatic carbocycles. The largest absolute Gasteiger partial charge is 0.493 e. The Labute approximate surface area is 188 Å². The van der Waals surface area contributed by atoms with Crippen LogP contribution in [-0.2, 0) is 11.2 Å². The van der Waals surface area contributed by atoms with Gasteiger partial charge in [0.15, 0.2) is 0 Å². The highest BCUT2D eigenvalue weighted by Crippen LogP contribution is 2.19. The minimum atomic E-state index is -0.374. The normalized spacial score (nSPS) is 11.1. The number of carbonyl (C=O) groups is 2. The van der Waals surface area contributed by atoms with Gasteiger partial charge in [-0.1, -0.05) is 43.3 Å². The molecule has 0 aliphatic rings. The predicted octanol–water partition coefficient (Wildman–Crippen LogP) is 4.59. The van der Waals surface area contributed by atoms with Gasteiger partial charge in [0, 0.05) is 18.2 Å². The molecule has 3 rings (SSSR count). The summed E-state index contributed by atoms with van der Waals surface area (Å²) in [7, 11) is 0. The lowest BCUT2D eigenvalue weighted by Gasteiger charge is -2.12. The second kappa shape index (κ2) is 12.2. The van der Waals surface area contributed by atoms with Crippen LogP contribution in [0.15, 0.2) is 83.1 Å². The molecule has 0 fully saturated rings. The summed E-state index contributed by atoms with van der Waals surface area (Å²) in [6, 6.07) is 20.1. The maximum atomic E-state index is 12.8. The van der Waals surface area contributed by atoms with Gasteiger partial charge in [-0.05, 0) is 55.2 Å². The molecule has 0 spiro atoms. The number of ether oxygens (including phenoxy) is 1.